The molecule has 0 fully saturated rings. The van der Waals surface area contributed by atoms with E-state index in [1.54, 1.807) is 18.3 Å². The Kier molecular flexibility index (Phi) is 8.25. The van der Waals surface area contributed by atoms with Crippen molar-refractivity contribution in [3.63, 3.8) is 0 Å². The van der Waals surface area contributed by atoms with Gasteiger partial charge in [-0.1, -0.05) is 29.8 Å². The van der Waals surface area contributed by atoms with Crippen LogP contribution in [-0.2, 0) is 6.54 Å². The molecule has 4 rings (SSSR count). The fraction of sp³-hybridized carbons (Fsp3) is 0.269. The fourth-order valence-electron chi connectivity index (χ4n) is 3.91. The molecular formula is C26H29ClN6O. The number of benzene rings is 2. The van der Waals surface area contributed by atoms with Gasteiger partial charge >= 0.3 is 0 Å². The number of anilines is 1. The number of nitrogens with two attached hydrogens (primary N) is 1. The van der Waals surface area contributed by atoms with E-state index in [9.17, 15) is 4.79 Å². The van der Waals surface area contributed by atoms with Gasteiger partial charge in [0.15, 0.2) is 0 Å². The molecule has 34 heavy (non-hydrogen) atoms. The second-order valence-corrected chi connectivity index (χ2v) is 8.60. The van der Waals surface area contributed by atoms with Crippen molar-refractivity contribution in [3.05, 3.63) is 77.1 Å². The highest BCUT2D eigenvalue weighted by atomic mass is 35.5. The molecule has 0 unspecified atom stereocenters. The van der Waals surface area contributed by atoms with Crippen LogP contribution in [0.3, 0.4) is 0 Å². The first kappa shape index (κ1) is 23.9. The Hall–Kier alpha value is -3.26. The monoisotopic (exact) mass is 476 g/mol. The molecule has 2 heterocycles. The van der Waals surface area contributed by atoms with Gasteiger partial charge in [0.05, 0.1) is 5.52 Å². The zero-order valence-electron chi connectivity index (χ0n) is 19.0. The smallest absolute Gasteiger partial charge is 0.248 e. The summed E-state index contributed by atoms with van der Waals surface area (Å²) in [6.07, 6.45) is 5.79. The van der Waals surface area contributed by atoms with E-state index in [0.29, 0.717) is 5.56 Å². The lowest BCUT2D eigenvalue weighted by Gasteiger charge is -2.12. The SMILES string of the molecule is NC(=O)c1ccc2c(c1)nc(NCCNCCCCNCc1cccc(Cl)c1)c1ccncc12. The van der Waals surface area contributed by atoms with Crippen LogP contribution in [0.4, 0.5) is 5.82 Å². The Bertz CT molecular complexity index is 1280. The predicted octanol–water partition coefficient (Wildman–Crippen LogP) is 4.11. The molecule has 2 aromatic carbocycles. The van der Waals surface area contributed by atoms with Gasteiger partial charge in [-0.25, -0.2) is 4.98 Å². The zero-order valence-corrected chi connectivity index (χ0v) is 19.7. The minimum atomic E-state index is -0.464. The summed E-state index contributed by atoms with van der Waals surface area (Å²) in [6.45, 7) is 4.32. The lowest BCUT2D eigenvalue weighted by molar-refractivity contribution is 0.100. The maximum absolute atomic E-state index is 11.6. The van der Waals surface area contributed by atoms with Crippen molar-refractivity contribution in [2.45, 2.75) is 19.4 Å². The van der Waals surface area contributed by atoms with E-state index in [4.69, 9.17) is 22.3 Å². The van der Waals surface area contributed by atoms with E-state index >= 15 is 0 Å². The number of nitrogens with zero attached hydrogens (tertiary/aromatic N) is 2. The summed E-state index contributed by atoms with van der Waals surface area (Å²) in [7, 11) is 0. The molecule has 0 spiro atoms. The topological polar surface area (TPSA) is 105 Å². The standard InChI is InChI=1S/C26H29ClN6O/c27-20-5-3-4-18(14-20)16-30-10-2-1-9-29-12-13-32-26-22-8-11-31-17-23(22)21-7-6-19(25(28)34)15-24(21)33-26/h3-8,11,14-15,17,29-30H,1-2,9-10,12-13,16H2,(H2,28,34)(H,32,33). The van der Waals surface area contributed by atoms with E-state index in [-0.39, 0.29) is 0 Å². The van der Waals surface area contributed by atoms with Gasteiger partial charge in [0.25, 0.3) is 0 Å². The Morgan fingerprint density at radius 2 is 1.76 bits per heavy atom. The summed E-state index contributed by atoms with van der Waals surface area (Å²) >= 11 is 6.01. The number of nitrogens with one attached hydrogen (secondary N) is 3. The number of hydrogen-bond donors (Lipinski definition) is 4. The number of carbonyl (C=O) groups is 1. The van der Waals surface area contributed by atoms with Crippen molar-refractivity contribution >= 4 is 45.0 Å². The first-order valence-electron chi connectivity index (χ1n) is 11.5. The highest BCUT2D eigenvalue weighted by Gasteiger charge is 2.10. The van der Waals surface area contributed by atoms with E-state index in [1.165, 1.54) is 5.56 Å². The Morgan fingerprint density at radius 1 is 0.912 bits per heavy atom. The molecule has 0 radical (unpaired) electrons. The number of rotatable bonds is 12. The number of fused-ring (bicyclic) bond motifs is 3. The maximum atomic E-state index is 11.6. The molecule has 8 heteroatoms. The lowest BCUT2D eigenvalue weighted by Crippen LogP contribution is -2.24. The molecule has 4 aromatic rings. The fourth-order valence-corrected chi connectivity index (χ4v) is 4.12. The second kappa shape index (κ2) is 11.7. The average molecular weight is 477 g/mol. The number of carbonyl (C=O) groups excluding carboxylic acids is 1. The van der Waals surface area contributed by atoms with E-state index in [0.717, 1.165) is 78.1 Å². The molecule has 0 atom stereocenters. The number of primary amides is 1. The van der Waals surface area contributed by atoms with Gasteiger partial charge in [0.1, 0.15) is 5.82 Å². The molecule has 2 aromatic heterocycles. The number of pyridine rings is 2. The van der Waals surface area contributed by atoms with Crippen LogP contribution in [0.5, 0.6) is 0 Å². The molecule has 7 nitrogen and oxygen atoms in total. The Morgan fingerprint density at radius 3 is 2.59 bits per heavy atom. The number of hydrogen-bond acceptors (Lipinski definition) is 6. The van der Waals surface area contributed by atoms with Gasteiger partial charge in [-0.3, -0.25) is 9.78 Å². The molecule has 1 amide bonds. The molecule has 0 aliphatic rings. The highest BCUT2D eigenvalue weighted by molar-refractivity contribution is 6.30. The van der Waals surface area contributed by atoms with Gasteiger partial charge in [-0.15, -0.1) is 0 Å². The van der Waals surface area contributed by atoms with Gasteiger partial charge < -0.3 is 21.7 Å². The van der Waals surface area contributed by atoms with Crippen LogP contribution in [0.1, 0.15) is 28.8 Å². The summed E-state index contributed by atoms with van der Waals surface area (Å²) in [4.78, 5) is 20.6. The van der Waals surface area contributed by atoms with Crippen LogP contribution in [0.15, 0.2) is 60.9 Å². The number of unbranched alkanes of at least 4 members (excludes halogenated alkanes) is 1. The van der Waals surface area contributed by atoms with Crippen molar-refractivity contribution in [2.75, 3.05) is 31.5 Å². The zero-order chi connectivity index (χ0) is 23.8. The van der Waals surface area contributed by atoms with Crippen LogP contribution >= 0.6 is 11.6 Å². The van der Waals surface area contributed by atoms with Crippen molar-refractivity contribution in [2.24, 2.45) is 5.73 Å². The van der Waals surface area contributed by atoms with E-state index < -0.39 is 5.91 Å². The summed E-state index contributed by atoms with van der Waals surface area (Å²) in [5, 5.41) is 14.1. The molecule has 176 valence electrons. The number of halogens is 1. The summed E-state index contributed by atoms with van der Waals surface area (Å²) < 4.78 is 0. The number of aromatic nitrogens is 2. The van der Waals surface area contributed by atoms with Gasteiger partial charge in [-0.05, 0) is 61.8 Å². The summed E-state index contributed by atoms with van der Waals surface area (Å²) in [6, 6.07) is 15.2. The van der Waals surface area contributed by atoms with Crippen molar-refractivity contribution in [3.8, 4) is 0 Å². The van der Waals surface area contributed by atoms with Crippen molar-refractivity contribution in [1.29, 1.82) is 0 Å². The third-order valence-corrected chi connectivity index (χ3v) is 5.89. The first-order chi connectivity index (χ1) is 16.6. The van der Waals surface area contributed by atoms with Crippen LogP contribution in [0.2, 0.25) is 5.02 Å². The summed E-state index contributed by atoms with van der Waals surface area (Å²) in [5.74, 6) is 0.312. The van der Waals surface area contributed by atoms with Crippen LogP contribution in [0.25, 0.3) is 21.7 Å². The van der Waals surface area contributed by atoms with Crippen molar-refractivity contribution in [1.82, 2.24) is 20.6 Å². The third-order valence-electron chi connectivity index (χ3n) is 5.65. The molecule has 0 saturated carbocycles. The highest BCUT2D eigenvalue weighted by Crippen LogP contribution is 2.29. The van der Waals surface area contributed by atoms with E-state index in [2.05, 4.69) is 27.0 Å². The normalized spacial score (nSPS) is 11.2. The minimum absolute atomic E-state index is 0.443. The minimum Gasteiger partial charge on any atom is -0.368 e. The van der Waals surface area contributed by atoms with Crippen molar-refractivity contribution < 1.29 is 4.79 Å². The van der Waals surface area contributed by atoms with Gasteiger partial charge in [0.2, 0.25) is 5.91 Å². The Labute approximate surface area is 204 Å². The molecule has 0 saturated heterocycles. The largest absolute Gasteiger partial charge is 0.368 e. The molecule has 5 N–H and O–H groups in total. The van der Waals surface area contributed by atoms with E-state index in [1.807, 2.05) is 36.5 Å². The van der Waals surface area contributed by atoms with Gasteiger partial charge in [-0.2, -0.15) is 0 Å². The van der Waals surface area contributed by atoms with Crippen LogP contribution in [0, 0.1) is 0 Å². The number of amides is 1. The molecular weight excluding hydrogens is 448 g/mol. The van der Waals surface area contributed by atoms with Crippen LogP contribution < -0.4 is 21.7 Å². The Balaban J connectivity index is 1.22. The first-order valence-corrected chi connectivity index (χ1v) is 11.9. The molecule has 0 aliphatic carbocycles. The lowest BCUT2D eigenvalue weighted by atomic mass is 10.1. The summed E-state index contributed by atoms with van der Waals surface area (Å²) in [5.41, 5.74) is 7.81. The van der Waals surface area contributed by atoms with Crippen LogP contribution in [-0.4, -0.2) is 42.1 Å². The quantitative estimate of drug-likeness (QED) is 0.181. The molecule has 0 aliphatic heterocycles. The molecule has 0 bridgehead atoms. The average Bonchev–Trinajstić information content (AvgIpc) is 2.84. The predicted molar refractivity (Wildman–Crippen MR) is 139 cm³/mol. The maximum Gasteiger partial charge on any atom is 0.248 e. The van der Waals surface area contributed by atoms with Gasteiger partial charge in [0, 0.05) is 58.8 Å². The second-order valence-electron chi connectivity index (χ2n) is 8.17. The third kappa shape index (κ3) is 6.20.